The van der Waals surface area contributed by atoms with E-state index >= 15 is 0 Å². The van der Waals surface area contributed by atoms with Gasteiger partial charge in [-0.3, -0.25) is 0 Å². The van der Waals surface area contributed by atoms with Crippen molar-refractivity contribution < 1.29 is 8.78 Å². The number of hydrogen-bond donors (Lipinski definition) is 1. The molecule has 0 amide bonds. The van der Waals surface area contributed by atoms with Gasteiger partial charge in [0.25, 0.3) is 0 Å². The standard InChI is InChI=1S/C15H14ClF2N/c16-14-4-2-1-3-13(14)11(9-19)7-10-5-6-12(17)8-15(10)18/h1-6,8,11H,7,9,19H2. The van der Waals surface area contributed by atoms with Gasteiger partial charge in [0.2, 0.25) is 0 Å². The molecule has 0 aromatic heterocycles. The molecule has 1 atom stereocenters. The molecule has 2 aromatic rings. The molecule has 1 nitrogen and oxygen atoms in total. The van der Waals surface area contributed by atoms with Gasteiger partial charge >= 0.3 is 0 Å². The third-order valence-corrected chi connectivity index (χ3v) is 3.46. The number of benzene rings is 2. The summed E-state index contributed by atoms with van der Waals surface area (Å²) in [6.07, 6.45) is 0.395. The number of rotatable bonds is 4. The minimum Gasteiger partial charge on any atom is -0.330 e. The topological polar surface area (TPSA) is 26.0 Å². The van der Waals surface area contributed by atoms with E-state index in [9.17, 15) is 8.78 Å². The summed E-state index contributed by atoms with van der Waals surface area (Å²) in [6, 6.07) is 10.9. The van der Waals surface area contributed by atoms with Gasteiger partial charge in [0.15, 0.2) is 0 Å². The Morgan fingerprint density at radius 3 is 2.47 bits per heavy atom. The van der Waals surface area contributed by atoms with Crippen LogP contribution in [0.1, 0.15) is 17.0 Å². The lowest BCUT2D eigenvalue weighted by molar-refractivity contribution is 0.562. The highest BCUT2D eigenvalue weighted by Crippen LogP contribution is 2.27. The van der Waals surface area contributed by atoms with Crippen LogP contribution in [0.3, 0.4) is 0 Å². The predicted octanol–water partition coefficient (Wildman–Crippen LogP) is 3.90. The van der Waals surface area contributed by atoms with E-state index in [2.05, 4.69) is 0 Å². The molecule has 0 aliphatic heterocycles. The first-order valence-electron chi connectivity index (χ1n) is 6.00. The van der Waals surface area contributed by atoms with Gasteiger partial charge in [0.05, 0.1) is 0 Å². The van der Waals surface area contributed by atoms with E-state index in [-0.39, 0.29) is 5.92 Å². The van der Waals surface area contributed by atoms with Crippen molar-refractivity contribution in [3.63, 3.8) is 0 Å². The Balaban J connectivity index is 2.27. The molecule has 0 bridgehead atoms. The zero-order valence-electron chi connectivity index (χ0n) is 10.2. The van der Waals surface area contributed by atoms with Crippen LogP contribution in [-0.4, -0.2) is 6.54 Å². The molecule has 4 heteroatoms. The molecule has 2 N–H and O–H groups in total. The maximum atomic E-state index is 13.6. The molecule has 19 heavy (non-hydrogen) atoms. The number of hydrogen-bond acceptors (Lipinski definition) is 1. The van der Waals surface area contributed by atoms with Gasteiger partial charge in [0, 0.05) is 17.0 Å². The highest BCUT2D eigenvalue weighted by Gasteiger charge is 2.16. The zero-order chi connectivity index (χ0) is 13.8. The van der Waals surface area contributed by atoms with Crippen molar-refractivity contribution in [2.75, 3.05) is 6.54 Å². The van der Waals surface area contributed by atoms with Crippen LogP contribution in [-0.2, 0) is 6.42 Å². The van der Waals surface area contributed by atoms with Crippen LogP contribution < -0.4 is 5.73 Å². The highest BCUT2D eigenvalue weighted by atomic mass is 35.5. The zero-order valence-corrected chi connectivity index (χ0v) is 11.0. The fourth-order valence-electron chi connectivity index (χ4n) is 2.08. The summed E-state index contributed by atoms with van der Waals surface area (Å²) in [7, 11) is 0. The molecule has 0 fully saturated rings. The van der Waals surface area contributed by atoms with Crippen molar-refractivity contribution >= 4 is 11.6 Å². The second-order valence-electron chi connectivity index (χ2n) is 4.39. The lowest BCUT2D eigenvalue weighted by Gasteiger charge is -2.17. The van der Waals surface area contributed by atoms with E-state index in [4.69, 9.17) is 17.3 Å². The second-order valence-corrected chi connectivity index (χ2v) is 4.80. The van der Waals surface area contributed by atoms with Gasteiger partial charge in [-0.15, -0.1) is 0 Å². The Bertz CT molecular complexity index is 572. The summed E-state index contributed by atoms with van der Waals surface area (Å²) in [5.41, 5.74) is 7.07. The first-order valence-corrected chi connectivity index (χ1v) is 6.38. The van der Waals surface area contributed by atoms with Crippen molar-refractivity contribution in [2.24, 2.45) is 5.73 Å². The second kappa shape index (κ2) is 6.13. The summed E-state index contributed by atoms with van der Waals surface area (Å²) in [5, 5.41) is 0.612. The van der Waals surface area contributed by atoms with E-state index in [1.807, 2.05) is 18.2 Å². The smallest absolute Gasteiger partial charge is 0.129 e. The van der Waals surface area contributed by atoms with Crippen LogP contribution in [0, 0.1) is 11.6 Å². The SMILES string of the molecule is NCC(Cc1ccc(F)cc1F)c1ccccc1Cl. The third kappa shape index (κ3) is 3.31. The van der Waals surface area contributed by atoms with Crippen molar-refractivity contribution in [1.29, 1.82) is 0 Å². The summed E-state index contributed by atoms with van der Waals surface area (Å²) < 4.78 is 26.5. The lowest BCUT2D eigenvalue weighted by atomic mass is 9.92. The highest BCUT2D eigenvalue weighted by molar-refractivity contribution is 6.31. The normalized spacial score (nSPS) is 12.4. The largest absolute Gasteiger partial charge is 0.330 e. The Labute approximate surface area is 116 Å². The van der Waals surface area contributed by atoms with Gasteiger partial charge in [-0.05, 0) is 36.2 Å². The lowest BCUT2D eigenvalue weighted by Crippen LogP contribution is -2.16. The van der Waals surface area contributed by atoms with Crippen molar-refractivity contribution in [2.45, 2.75) is 12.3 Å². The Hall–Kier alpha value is -1.45. The molecule has 0 spiro atoms. The minimum absolute atomic E-state index is 0.0892. The average Bonchev–Trinajstić information content (AvgIpc) is 2.39. The molecular formula is C15H14ClF2N. The van der Waals surface area contributed by atoms with Gasteiger partial charge in [0.1, 0.15) is 11.6 Å². The molecular weight excluding hydrogens is 268 g/mol. The fourth-order valence-corrected chi connectivity index (χ4v) is 2.37. The first kappa shape index (κ1) is 14.0. The van der Waals surface area contributed by atoms with Gasteiger partial charge in [-0.1, -0.05) is 35.9 Å². The van der Waals surface area contributed by atoms with E-state index < -0.39 is 11.6 Å². The van der Waals surface area contributed by atoms with E-state index in [1.54, 1.807) is 6.07 Å². The molecule has 0 saturated heterocycles. The molecule has 0 heterocycles. The molecule has 2 aromatic carbocycles. The van der Waals surface area contributed by atoms with Crippen LogP contribution in [0.4, 0.5) is 8.78 Å². The molecule has 100 valence electrons. The Morgan fingerprint density at radius 2 is 1.84 bits per heavy atom. The van der Waals surface area contributed by atoms with Crippen LogP contribution >= 0.6 is 11.6 Å². The molecule has 0 aliphatic rings. The number of nitrogens with two attached hydrogens (primary N) is 1. The molecule has 2 rings (SSSR count). The van der Waals surface area contributed by atoms with Crippen LogP contribution in [0.2, 0.25) is 5.02 Å². The fraction of sp³-hybridized carbons (Fsp3) is 0.200. The van der Waals surface area contributed by atoms with Crippen molar-refractivity contribution in [1.82, 2.24) is 0 Å². The van der Waals surface area contributed by atoms with Gasteiger partial charge in [-0.25, -0.2) is 8.78 Å². The van der Waals surface area contributed by atoms with Gasteiger partial charge in [-0.2, -0.15) is 0 Å². The van der Waals surface area contributed by atoms with Crippen LogP contribution in [0.15, 0.2) is 42.5 Å². The molecule has 0 saturated carbocycles. The van der Waals surface area contributed by atoms with E-state index in [0.29, 0.717) is 23.6 Å². The average molecular weight is 282 g/mol. The van der Waals surface area contributed by atoms with E-state index in [0.717, 1.165) is 11.6 Å². The van der Waals surface area contributed by atoms with Crippen molar-refractivity contribution in [3.05, 3.63) is 70.2 Å². The summed E-state index contributed by atoms with van der Waals surface area (Å²) >= 11 is 6.12. The Morgan fingerprint density at radius 1 is 1.11 bits per heavy atom. The summed E-state index contributed by atoms with van der Waals surface area (Å²) in [4.78, 5) is 0. The Kier molecular flexibility index (Phi) is 4.51. The van der Waals surface area contributed by atoms with Gasteiger partial charge < -0.3 is 5.73 Å². The third-order valence-electron chi connectivity index (χ3n) is 3.11. The first-order chi connectivity index (χ1) is 9.11. The predicted molar refractivity (Wildman–Crippen MR) is 73.3 cm³/mol. The number of halogens is 3. The summed E-state index contributed by atoms with van der Waals surface area (Å²) in [5.74, 6) is -1.22. The summed E-state index contributed by atoms with van der Waals surface area (Å²) in [6.45, 7) is 0.348. The molecule has 0 radical (unpaired) electrons. The maximum Gasteiger partial charge on any atom is 0.129 e. The monoisotopic (exact) mass is 281 g/mol. The van der Waals surface area contributed by atoms with Crippen LogP contribution in [0.5, 0.6) is 0 Å². The maximum absolute atomic E-state index is 13.6. The molecule has 1 unspecified atom stereocenters. The minimum atomic E-state index is -0.580. The van der Waals surface area contributed by atoms with E-state index in [1.165, 1.54) is 12.1 Å². The molecule has 0 aliphatic carbocycles. The quantitative estimate of drug-likeness (QED) is 0.904. The van der Waals surface area contributed by atoms with Crippen LogP contribution in [0.25, 0.3) is 0 Å². The van der Waals surface area contributed by atoms with Crippen molar-refractivity contribution in [3.8, 4) is 0 Å².